The monoisotopic (exact) mass is 500 g/mol. The topological polar surface area (TPSA) is 83.5 Å². The fourth-order valence-corrected chi connectivity index (χ4v) is 5.75. The van der Waals surface area contributed by atoms with Crippen molar-refractivity contribution in [1.82, 2.24) is 0 Å². The van der Waals surface area contributed by atoms with E-state index in [4.69, 9.17) is 23.7 Å². The molecule has 1 spiro atoms. The summed E-state index contributed by atoms with van der Waals surface area (Å²) in [5, 5.41) is 9.57. The molecule has 4 rings (SSSR count). The second-order valence-electron chi connectivity index (χ2n) is 10.1. The number of carbonyl (C=O) groups is 1. The van der Waals surface area contributed by atoms with E-state index in [0.29, 0.717) is 30.9 Å². The maximum atomic E-state index is 13.3. The fraction of sp³-hybridized carbons (Fsp3) is 0.621. The molecular weight excluding hydrogens is 460 g/mol. The highest BCUT2D eigenvalue weighted by Crippen LogP contribution is 2.56. The van der Waals surface area contributed by atoms with Gasteiger partial charge in [0.15, 0.2) is 0 Å². The van der Waals surface area contributed by atoms with Gasteiger partial charge in [-0.15, -0.1) is 0 Å². The predicted octanol–water partition coefficient (Wildman–Crippen LogP) is 5.30. The number of ether oxygens (including phenoxy) is 5. The van der Waals surface area contributed by atoms with Gasteiger partial charge in [-0.25, -0.2) is 4.79 Å². The fourth-order valence-electron chi connectivity index (χ4n) is 5.75. The van der Waals surface area contributed by atoms with Crippen LogP contribution in [0.1, 0.15) is 80.0 Å². The quantitative estimate of drug-likeness (QED) is 0.237. The maximum absolute atomic E-state index is 13.3. The lowest BCUT2D eigenvalue weighted by Gasteiger charge is -2.46. The lowest BCUT2D eigenvalue weighted by molar-refractivity contribution is -0.214. The SMILES string of the molecule is C=CCOC(=O)c1c(OCC=C)cc2c3c1O[C@]1(C[C@@H]3O[C@H](CCCCC)C2)OC[C@@H](CCO)[C@@H]1C. The van der Waals surface area contributed by atoms with Crippen molar-refractivity contribution >= 4 is 5.97 Å². The molecule has 36 heavy (non-hydrogen) atoms. The average Bonchev–Trinajstić information content (AvgIpc) is 3.15. The molecule has 0 aliphatic carbocycles. The number of aliphatic hydroxyl groups excluding tert-OH is 1. The molecule has 7 nitrogen and oxygen atoms in total. The Hall–Kier alpha value is -2.35. The van der Waals surface area contributed by atoms with Crippen molar-refractivity contribution in [1.29, 1.82) is 0 Å². The first-order valence-electron chi connectivity index (χ1n) is 13.3. The van der Waals surface area contributed by atoms with E-state index < -0.39 is 11.8 Å². The van der Waals surface area contributed by atoms with Crippen LogP contribution in [0.3, 0.4) is 0 Å². The molecule has 3 aliphatic rings. The molecule has 1 saturated heterocycles. The second kappa shape index (κ2) is 11.8. The normalized spacial score (nSPS) is 28.3. The first kappa shape index (κ1) is 26.7. The zero-order valence-corrected chi connectivity index (χ0v) is 21.6. The Kier molecular flexibility index (Phi) is 8.75. The molecule has 0 saturated carbocycles. The van der Waals surface area contributed by atoms with Gasteiger partial charge in [0.2, 0.25) is 5.79 Å². The number of aliphatic hydroxyl groups is 1. The molecule has 1 fully saturated rings. The number of carbonyl (C=O) groups excluding carboxylic acids is 1. The van der Waals surface area contributed by atoms with Crippen molar-refractivity contribution < 1.29 is 33.6 Å². The van der Waals surface area contributed by atoms with Gasteiger partial charge in [0.1, 0.15) is 30.3 Å². The molecule has 0 radical (unpaired) electrons. The smallest absolute Gasteiger partial charge is 0.346 e. The third kappa shape index (κ3) is 5.20. The minimum Gasteiger partial charge on any atom is -0.488 e. The molecule has 1 aromatic rings. The summed E-state index contributed by atoms with van der Waals surface area (Å²) in [5.74, 6) is -0.493. The van der Waals surface area contributed by atoms with Crippen LogP contribution >= 0.6 is 0 Å². The van der Waals surface area contributed by atoms with Crippen LogP contribution in [0.2, 0.25) is 0 Å². The molecule has 0 unspecified atom stereocenters. The first-order valence-corrected chi connectivity index (χ1v) is 13.3. The summed E-state index contributed by atoms with van der Waals surface area (Å²) in [4.78, 5) is 13.3. The zero-order chi connectivity index (χ0) is 25.7. The Balaban J connectivity index is 1.80. The summed E-state index contributed by atoms with van der Waals surface area (Å²) >= 11 is 0. The van der Waals surface area contributed by atoms with E-state index in [1.165, 1.54) is 12.5 Å². The van der Waals surface area contributed by atoms with Gasteiger partial charge in [0.05, 0.1) is 18.8 Å². The van der Waals surface area contributed by atoms with Crippen molar-refractivity contribution in [2.24, 2.45) is 11.8 Å². The summed E-state index contributed by atoms with van der Waals surface area (Å²) in [5.41, 5.74) is 2.22. The molecule has 198 valence electrons. The lowest BCUT2D eigenvalue weighted by atomic mass is 9.79. The summed E-state index contributed by atoms with van der Waals surface area (Å²) < 4.78 is 31.1. The molecule has 3 heterocycles. The van der Waals surface area contributed by atoms with Crippen molar-refractivity contribution in [3.8, 4) is 11.5 Å². The van der Waals surface area contributed by atoms with E-state index in [-0.39, 0.29) is 49.4 Å². The highest BCUT2D eigenvalue weighted by molar-refractivity contribution is 5.97. The van der Waals surface area contributed by atoms with E-state index >= 15 is 0 Å². The van der Waals surface area contributed by atoms with Crippen LogP contribution in [0.15, 0.2) is 31.4 Å². The van der Waals surface area contributed by atoms with Gasteiger partial charge in [0.25, 0.3) is 0 Å². The number of benzene rings is 1. The van der Waals surface area contributed by atoms with Crippen LogP contribution in [0.25, 0.3) is 0 Å². The Morgan fingerprint density at radius 3 is 2.78 bits per heavy atom. The van der Waals surface area contributed by atoms with E-state index in [1.54, 1.807) is 6.08 Å². The van der Waals surface area contributed by atoms with Crippen molar-refractivity contribution in [2.45, 2.75) is 76.8 Å². The van der Waals surface area contributed by atoms with E-state index in [1.807, 2.05) is 6.07 Å². The minimum absolute atomic E-state index is 0.000105. The summed E-state index contributed by atoms with van der Waals surface area (Å²) in [6.45, 7) is 12.6. The van der Waals surface area contributed by atoms with Crippen LogP contribution < -0.4 is 9.47 Å². The highest BCUT2D eigenvalue weighted by Gasteiger charge is 2.56. The van der Waals surface area contributed by atoms with E-state index in [2.05, 4.69) is 27.0 Å². The number of unbranched alkanes of at least 4 members (excludes halogenated alkanes) is 2. The van der Waals surface area contributed by atoms with Crippen LogP contribution in [0.4, 0.5) is 0 Å². The third-order valence-electron chi connectivity index (χ3n) is 7.71. The minimum atomic E-state index is -0.954. The maximum Gasteiger partial charge on any atom is 0.346 e. The van der Waals surface area contributed by atoms with Gasteiger partial charge >= 0.3 is 5.97 Å². The number of rotatable bonds is 12. The predicted molar refractivity (Wildman–Crippen MR) is 136 cm³/mol. The Morgan fingerprint density at radius 1 is 1.25 bits per heavy atom. The van der Waals surface area contributed by atoms with Crippen LogP contribution in [-0.4, -0.2) is 49.4 Å². The largest absolute Gasteiger partial charge is 0.488 e. The standard InChI is InChI=1S/C29H40O7/c1-5-8-9-10-22-15-21-16-23(32-13-6-2)26(28(31)33-14-7-3)27-25(21)24(35-22)17-29(36-27)19(4)20(11-12-30)18-34-29/h6-7,16,19-20,22,24,30H,2-3,5,8-15,17-18H2,1,4H3/t19-,20+,22+,24-,29-/m0/s1. The molecule has 0 bridgehead atoms. The number of hydrogen-bond acceptors (Lipinski definition) is 7. The Labute approximate surface area is 214 Å². The van der Waals surface area contributed by atoms with Crippen LogP contribution in [-0.2, 0) is 20.6 Å². The van der Waals surface area contributed by atoms with E-state index in [9.17, 15) is 9.90 Å². The number of esters is 1. The van der Waals surface area contributed by atoms with E-state index in [0.717, 1.165) is 36.8 Å². The number of hydrogen-bond donors (Lipinski definition) is 1. The Morgan fingerprint density at radius 2 is 2.06 bits per heavy atom. The second-order valence-corrected chi connectivity index (χ2v) is 10.1. The van der Waals surface area contributed by atoms with Crippen LogP contribution in [0, 0.1) is 11.8 Å². The summed E-state index contributed by atoms with van der Waals surface area (Å²) in [6.07, 6.45) is 9.29. The third-order valence-corrected chi connectivity index (χ3v) is 7.71. The van der Waals surface area contributed by atoms with Gasteiger partial charge in [0, 0.05) is 24.5 Å². The van der Waals surface area contributed by atoms with Gasteiger partial charge in [-0.05, 0) is 36.8 Å². The molecule has 7 heteroatoms. The highest BCUT2D eigenvalue weighted by atomic mass is 16.7. The van der Waals surface area contributed by atoms with Crippen molar-refractivity contribution in [3.05, 3.63) is 48.1 Å². The molecule has 0 amide bonds. The van der Waals surface area contributed by atoms with Gasteiger partial charge in [-0.3, -0.25) is 0 Å². The average molecular weight is 501 g/mol. The molecular formula is C29H40O7. The van der Waals surface area contributed by atoms with Gasteiger partial charge in [-0.2, -0.15) is 0 Å². The van der Waals surface area contributed by atoms with Crippen molar-refractivity contribution in [2.75, 3.05) is 26.4 Å². The lowest BCUT2D eigenvalue weighted by Crippen LogP contribution is -2.48. The van der Waals surface area contributed by atoms with Crippen molar-refractivity contribution in [3.63, 3.8) is 0 Å². The van der Waals surface area contributed by atoms with Crippen LogP contribution in [0.5, 0.6) is 11.5 Å². The molecule has 5 atom stereocenters. The Bertz CT molecular complexity index is 957. The van der Waals surface area contributed by atoms with Gasteiger partial charge < -0.3 is 28.8 Å². The summed E-state index contributed by atoms with van der Waals surface area (Å²) in [7, 11) is 0. The molecule has 1 N–H and O–H groups in total. The zero-order valence-electron chi connectivity index (χ0n) is 21.6. The summed E-state index contributed by atoms with van der Waals surface area (Å²) in [6, 6.07) is 1.95. The molecule has 0 aromatic heterocycles. The first-order chi connectivity index (χ1) is 17.5. The molecule has 3 aliphatic heterocycles. The molecule has 1 aromatic carbocycles. The van der Waals surface area contributed by atoms with Gasteiger partial charge in [-0.1, -0.05) is 58.4 Å².